The predicted molar refractivity (Wildman–Crippen MR) is 96.9 cm³/mol. The van der Waals surface area contributed by atoms with Crippen molar-refractivity contribution in [2.24, 2.45) is 0 Å². The van der Waals surface area contributed by atoms with Crippen LogP contribution in [0.5, 0.6) is 0 Å². The van der Waals surface area contributed by atoms with Gasteiger partial charge < -0.3 is 10.6 Å². The molecule has 0 aliphatic heterocycles. The third-order valence-electron chi connectivity index (χ3n) is 4.76. The van der Waals surface area contributed by atoms with Crippen LogP contribution in [0, 0.1) is 0 Å². The van der Waals surface area contributed by atoms with Crippen molar-refractivity contribution in [3.8, 4) is 0 Å². The second-order valence-corrected chi connectivity index (χ2v) is 6.93. The zero-order chi connectivity index (χ0) is 16.9. The van der Waals surface area contributed by atoms with Crippen LogP contribution in [0.2, 0.25) is 5.02 Å². The minimum Gasteiger partial charge on any atom is -0.344 e. The van der Waals surface area contributed by atoms with Gasteiger partial charge in [0.05, 0.1) is 6.04 Å². The van der Waals surface area contributed by atoms with Crippen molar-refractivity contribution >= 4 is 17.5 Å². The Labute approximate surface area is 148 Å². The molecule has 1 aliphatic rings. The van der Waals surface area contributed by atoms with E-state index in [1.807, 2.05) is 24.3 Å². The number of hydrogen-bond donors (Lipinski definition) is 2. The summed E-state index contributed by atoms with van der Waals surface area (Å²) in [6.07, 6.45) is 3.27. The molecular weight excluding hydrogens is 320 g/mol. The fourth-order valence-corrected chi connectivity index (χ4v) is 3.47. The Kier molecular flexibility index (Phi) is 5.54. The number of carbonyl (C=O) groups excluding carboxylic acids is 1. The highest BCUT2D eigenvalue weighted by molar-refractivity contribution is 6.30. The largest absolute Gasteiger partial charge is 0.344 e. The smallest absolute Gasteiger partial charge is 0.275 e. The van der Waals surface area contributed by atoms with Crippen LogP contribution in [0.15, 0.2) is 48.5 Å². The molecule has 126 valence electrons. The van der Waals surface area contributed by atoms with Crippen LogP contribution in [-0.2, 0) is 11.2 Å². The van der Waals surface area contributed by atoms with Gasteiger partial charge in [-0.15, -0.1) is 0 Å². The summed E-state index contributed by atoms with van der Waals surface area (Å²) in [5.74, 6) is 0.0949. The number of nitrogens with one attached hydrogen (secondary N) is 1. The Morgan fingerprint density at radius 1 is 1.25 bits per heavy atom. The highest BCUT2D eigenvalue weighted by Crippen LogP contribution is 2.29. The van der Waals surface area contributed by atoms with Crippen molar-refractivity contribution in [2.75, 3.05) is 6.54 Å². The van der Waals surface area contributed by atoms with Crippen LogP contribution in [0.1, 0.15) is 48.5 Å². The summed E-state index contributed by atoms with van der Waals surface area (Å²) in [5, 5.41) is 6.00. The van der Waals surface area contributed by atoms with E-state index in [2.05, 4.69) is 41.8 Å². The van der Waals surface area contributed by atoms with Crippen molar-refractivity contribution in [3.05, 3.63) is 70.2 Å². The summed E-state index contributed by atoms with van der Waals surface area (Å²) in [4.78, 5) is 12.3. The number of aryl methyl sites for hydroxylation is 1. The van der Waals surface area contributed by atoms with Gasteiger partial charge >= 0.3 is 0 Å². The van der Waals surface area contributed by atoms with Gasteiger partial charge in [-0.05, 0) is 49.4 Å². The predicted octanol–water partition coefficient (Wildman–Crippen LogP) is 3.16. The van der Waals surface area contributed by atoms with Gasteiger partial charge in [-0.2, -0.15) is 0 Å². The van der Waals surface area contributed by atoms with Crippen LogP contribution >= 0.6 is 11.6 Å². The Bertz CT molecular complexity index is 699. The second kappa shape index (κ2) is 7.82. The first-order chi connectivity index (χ1) is 11.6. The molecule has 0 fully saturated rings. The number of hydrogen-bond acceptors (Lipinski definition) is 1. The van der Waals surface area contributed by atoms with Gasteiger partial charge in [0.25, 0.3) is 5.91 Å². The maximum Gasteiger partial charge on any atom is 0.275 e. The van der Waals surface area contributed by atoms with Crippen LogP contribution in [0.4, 0.5) is 0 Å². The van der Waals surface area contributed by atoms with E-state index >= 15 is 0 Å². The summed E-state index contributed by atoms with van der Waals surface area (Å²) >= 11 is 5.92. The number of benzene rings is 2. The van der Waals surface area contributed by atoms with Gasteiger partial charge in [-0.3, -0.25) is 4.79 Å². The van der Waals surface area contributed by atoms with Crippen LogP contribution < -0.4 is 10.6 Å². The number of carbonyl (C=O) groups is 1. The number of rotatable bonds is 5. The van der Waals surface area contributed by atoms with Crippen molar-refractivity contribution in [3.63, 3.8) is 0 Å². The number of fused-ring (bicyclic) bond motifs is 1. The molecule has 2 aromatic carbocycles. The summed E-state index contributed by atoms with van der Waals surface area (Å²) < 4.78 is 0. The Balaban J connectivity index is 1.54. The van der Waals surface area contributed by atoms with Crippen molar-refractivity contribution in [1.82, 2.24) is 5.32 Å². The van der Waals surface area contributed by atoms with E-state index in [0.29, 0.717) is 6.54 Å². The fourth-order valence-electron chi connectivity index (χ4n) is 3.34. The van der Waals surface area contributed by atoms with Gasteiger partial charge in [-0.1, -0.05) is 48.0 Å². The van der Waals surface area contributed by atoms with Crippen molar-refractivity contribution in [1.29, 1.82) is 0 Å². The zero-order valence-electron chi connectivity index (χ0n) is 14.0. The lowest BCUT2D eigenvalue weighted by molar-refractivity contribution is -0.682. The van der Waals surface area contributed by atoms with Crippen LogP contribution in [0.3, 0.4) is 0 Å². The topological polar surface area (TPSA) is 45.7 Å². The summed E-state index contributed by atoms with van der Waals surface area (Å²) in [6, 6.07) is 16.6. The molecule has 0 spiro atoms. The first kappa shape index (κ1) is 17.0. The summed E-state index contributed by atoms with van der Waals surface area (Å²) in [7, 11) is 0. The molecule has 0 aromatic heterocycles. The number of halogens is 1. The highest BCUT2D eigenvalue weighted by Gasteiger charge is 2.22. The number of amides is 1. The minimum atomic E-state index is 0.0949. The van der Waals surface area contributed by atoms with E-state index in [4.69, 9.17) is 11.6 Å². The third-order valence-corrected chi connectivity index (χ3v) is 5.01. The monoisotopic (exact) mass is 343 g/mol. The van der Waals surface area contributed by atoms with Gasteiger partial charge in [0.1, 0.15) is 6.04 Å². The van der Waals surface area contributed by atoms with E-state index < -0.39 is 0 Å². The molecule has 0 saturated carbocycles. The number of quaternary nitrogens is 1. The lowest BCUT2D eigenvalue weighted by Crippen LogP contribution is -2.87. The molecule has 2 aromatic rings. The van der Waals surface area contributed by atoms with E-state index in [1.165, 1.54) is 16.7 Å². The lowest BCUT2D eigenvalue weighted by atomic mass is 9.88. The van der Waals surface area contributed by atoms with E-state index in [0.717, 1.165) is 24.3 Å². The molecule has 3 nitrogen and oxygen atoms in total. The van der Waals surface area contributed by atoms with Crippen LogP contribution in [0.25, 0.3) is 0 Å². The highest BCUT2D eigenvalue weighted by atomic mass is 35.5. The van der Waals surface area contributed by atoms with Gasteiger partial charge in [-0.25, -0.2) is 0 Å². The molecule has 0 unspecified atom stereocenters. The molecule has 1 amide bonds. The normalized spacial score (nSPS) is 17.8. The molecule has 0 radical (unpaired) electrons. The fraction of sp³-hybridized carbons (Fsp3) is 0.350. The Hall–Kier alpha value is -1.84. The Morgan fingerprint density at radius 2 is 2.00 bits per heavy atom. The molecule has 3 rings (SSSR count). The van der Waals surface area contributed by atoms with Gasteiger partial charge in [0.2, 0.25) is 0 Å². The lowest BCUT2D eigenvalue weighted by Gasteiger charge is -2.26. The standard InChI is InChI=1S/C20H23ClN2O/c1-14(15-9-11-17(21)12-10-15)22-13-20(24)23-19-8-4-6-16-5-2-3-7-18(16)19/h2-3,5,7,9-12,14,19,22H,4,6,8,13H2,1H3,(H,23,24)/p+1/t14-,19+/m0/s1. The van der Waals surface area contributed by atoms with Crippen LogP contribution in [-0.4, -0.2) is 12.5 Å². The van der Waals surface area contributed by atoms with Crippen molar-refractivity contribution in [2.45, 2.75) is 38.3 Å². The molecule has 4 heteroatoms. The molecule has 2 atom stereocenters. The quantitative estimate of drug-likeness (QED) is 0.860. The molecule has 0 heterocycles. The SMILES string of the molecule is C[C@H]([NH2+]CC(=O)N[C@@H]1CCCc2ccccc21)c1ccc(Cl)cc1. The minimum absolute atomic E-state index is 0.0949. The van der Waals surface area contributed by atoms with E-state index in [-0.39, 0.29) is 18.0 Å². The molecule has 0 saturated heterocycles. The third kappa shape index (κ3) is 4.16. The van der Waals surface area contributed by atoms with Gasteiger partial charge in [0.15, 0.2) is 6.54 Å². The Morgan fingerprint density at radius 3 is 2.79 bits per heavy atom. The average molecular weight is 344 g/mol. The van der Waals surface area contributed by atoms with Gasteiger partial charge in [0, 0.05) is 10.6 Å². The van der Waals surface area contributed by atoms with Crippen molar-refractivity contribution < 1.29 is 10.1 Å². The summed E-state index contributed by atoms with van der Waals surface area (Å²) in [5.41, 5.74) is 3.82. The average Bonchev–Trinajstić information content (AvgIpc) is 2.61. The second-order valence-electron chi connectivity index (χ2n) is 6.49. The summed E-state index contributed by atoms with van der Waals surface area (Å²) in [6.45, 7) is 2.54. The molecule has 0 bridgehead atoms. The zero-order valence-corrected chi connectivity index (χ0v) is 14.7. The number of nitrogens with two attached hydrogens (primary N) is 1. The molecular formula is C20H24ClN2O+. The maximum atomic E-state index is 12.3. The van der Waals surface area contributed by atoms with E-state index in [9.17, 15) is 4.79 Å². The molecule has 24 heavy (non-hydrogen) atoms. The molecule has 1 aliphatic carbocycles. The first-order valence-electron chi connectivity index (χ1n) is 8.59. The first-order valence-corrected chi connectivity index (χ1v) is 8.97. The maximum absolute atomic E-state index is 12.3. The molecule has 3 N–H and O–H groups in total. The van der Waals surface area contributed by atoms with E-state index in [1.54, 1.807) is 0 Å².